The second kappa shape index (κ2) is 7.42. The second-order valence-electron chi connectivity index (χ2n) is 11.8. The van der Waals surface area contributed by atoms with Crippen LogP contribution in [-0.2, 0) is 17.5 Å². The molecule has 0 radical (unpaired) electrons. The van der Waals surface area contributed by atoms with Crippen LogP contribution in [-0.4, -0.2) is 40.1 Å². The van der Waals surface area contributed by atoms with E-state index in [0.717, 1.165) is 28.6 Å². The van der Waals surface area contributed by atoms with Gasteiger partial charge < -0.3 is 15.4 Å². The maximum absolute atomic E-state index is 14.4. The van der Waals surface area contributed by atoms with Crippen molar-refractivity contribution in [3.63, 3.8) is 0 Å². The van der Waals surface area contributed by atoms with Crippen molar-refractivity contribution in [3.8, 4) is 0 Å². The molecule has 0 unspecified atom stereocenters. The van der Waals surface area contributed by atoms with E-state index in [1.54, 1.807) is 7.11 Å². The Hall–Kier alpha value is -4.03. The number of hydrogen-bond donors (Lipinski definition) is 2. The fraction of sp³-hybridized carbons (Fsp3) is 0.429. The Morgan fingerprint density at radius 2 is 1.71 bits per heavy atom. The number of halogens is 5. The normalized spacial score (nSPS) is 34.3. The Bertz CT molecular complexity index is 1680. The molecule has 3 aromatic rings. The van der Waals surface area contributed by atoms with E-state index in [1.807, 2.05) is 0 Å². The third-order valence-corrected chi connectivity index (χ3v) is 10.8. The van der Waals surface area contributed by atoms with Crippen LogP contribution in [0.15, 0.2) is 42.8 Å². The summed E-state index contributed by atoms with van der Waals surface area (Å²) in [6.45, 7) is 4.20. The van der Waals surface area contributed by atoms with Crippen molar-refractivity contribution >= 4 is 17.5 Å². The van der Waals surface area contributed by atoms with E-state index >= 15 is 0 Å². The number of benzene rings is 1. The molecular formula is C28H22F5N5O3. The molecule has 6 saturated carbocycles. The molecule has 2 amide bonds. The Labute approximate surface area is 228 Å². The van der Waals surface area contributed by atoms with E-state index in [0.29, 0.717) is 54.2 Å². The summed E-state index contributed by atoms with van der Waals surface area (Å²) in [5.41, 5.74) is -2.01. The van der Waals surface area contributed by atoms with E-state index in [-0.39, 0.29) is 40.0 Å². The van der Waals surface area contributed by atoms with Crippen molar-refractivity contribution in [1.82, 2.24) is 25.2 Å². The predicted molar refractivity (Wildman–Crippen MR) is 130 cm³/mol. The van der Waals surface area contributed by atoms with Crippen molar-refractivity contribution < 1.29 is 36.3 Å². The van der Waals surface area contributed by atoms with E-state index in [2.05, 4.69) is 27.3 Å². The molecule has 1 aromatic carbocycles. The van der Waals surface area contributed by atoms with Gasteiger partial charge in [-0.15, -0.1) is 0 Å². The molecule has 41 heavy (non-hydrogen) atoms. The van der Waals surface area contributed by atoms with Gasteiger partial charge in [0, 0.05) is 24.6 Å². The maximum atomic E-state index is 14.4. The Kier molecular flexibility index (Phi) is 4.48. The Morgan fingerprint density at radius 1 is 1.02 bits per heavy atom. The maximum Gasteiger partial charge on any atom is 0.419 e. The molecule has 8 nitrogen and oxygen atoms in total. The minimum Gasteiger partial charge on any atom is -0.501 e. The number of rotatable bonds is 8. The van der Waals surface area contributed by atoms with Crippen LogP contribution < -0.4 is 10.6 Å². The number of ether oxygens (including phenoxy) is 1. The Balaban J connectivity index is 0.987. The molecular weight excluding hydrogens is 549 g/mol. The lowest BCUT2D eigenvalue weighted by Crippen LogP contribution is -3.10. The molecule has 9 rings (SSSR count). The fourth-order valence-electron chi connectivity index (χ4n) is 9.55. The highest BCUT2D eigenvalue weighted by atomic mass is 19.4. The summed E-state index contributed by atoms with van der Waals surface area (Å²) in [5.74, 6) is 0.528. The third kappa shape index (κ3) is 2.57. The summed E-state index contributed by atoms with van der Waals surface area (Å²) < 4.78 is 73.6. The smallest absolute Gasteiger partial charge is 0.419 e. The van der Waals surface area contributed by atoms with E-state index < -0.39 is 35.2 Å². The highest BCUT2D eigenvalue weighted by molar-refractivity contribution is 5.98. The number of alkyl halides is 3. The number of allylic oxidation sites excluding steroid dienone is 1. The number of carbonyl (C=O) groups excluding carboxylic acids is 2. The minimum atomic E-state index is -4.90. The SMILES string of the molecule is C=C(OC)C12C3C4C1C1C2C3C41CNC(=O)c1cc(C(=O)NCc2ccc(F)c(C(F)(F)F)c2)nc2c(F)cnn12. The molecule has 2 N–H and O–H groups in total. The summed E-state index contributed by atoms with van der Waals surface area (Å²) >= 11 is 0. The van der Waals surface area contributed by atoms with Crippen LogP contribution in [0.3, 0.4) is 0 Å². The highest BCUT2D eigenvalue weighted by Crippen LogP contribution is 3.11. The molecule has 6 aliphatic rings. The molecule has 6 fully saturated rings. The van der Waals surface area contributed by atoms with Crippen molar-refractivity contribution in [2.45, 2.75) is 12.7 Å². The number of amides is 2. The quantitative estimate of drug-likeness (QED) is 0.318. The molecule has 0 saturated heterocycles. The number of aromatic nitrogens is 3. The van der Waals surface area contributed by atoms with Gasteiger partial charge in [0.25, 0.3) is 11.8 Å². The lowest BCUT2D eigenvalue weighted by Gasteiger charge is -3.11. The van der Waals surface area contributed by atoms with Gasteiger partial charge in [0.1, 0.15) is 17.2 Å². The standard InChI is InChI=1S/C28H22F5N5O3/c1-10(41-2)27-20-17-21(27)19-22(27)18(20)26(17,19)9-35-25(40)16-6-15(37-23-14(30)8-36-38(16)23)24(39)34-7-11-3-4-13(29)12(5-11)28(31,32)33/h3-6,8,17-22H,1,7,9H2,2H3,(H,34,39)(H,35,40). The zero-order valence-corrected chi connectivity index (χ0v) is 21.4. The molecule has 0 aliphatic heterocycles. The summed E-state index contributed by atoms with van der Waals surface area (Å²) in [6.07, 6.45) is -4.03. The van der Waals surface area contributed by atoms with Crippen LogP contribution in [0.5, 0.6) is 0 Å². The van der Waals surface area contributed by atoms with Crippen LogP contribution in [0.1, 0.15) is 32.1 Å². The molecule has 0 bridgehead atoms. The lowest BCUT2D eigenvalue weighted by molar-refractivity contribution is -0.648. The van der Waals surface area contributed by atoms with E-state index in [9.17, 15) is 31.5 Å². The summed E-state index contributed by atoms with van der Waals surface area (Å²) in [4.78, 5) is 30.1. The molecule has 0 spiro atoms. The summed E-state index contributed by atoms with van der Waals surface area (Å²) in [6, 6.07) is 3.52. The van der Waals surface area contributed by atoms with Gasteiger partial charge >= 0.3 is 6.18 Å². The lowest BCUT2D eigenvalue weighted by atomic mass is 8.92. The van der Waals surface area contributed by atoms with E-state index in [4.69, 9.17) is 4.74 Å². The van der Waals surface area contributed by atoms with Gasteiger partial charge in [-0.25, -0.2) is 18.3 Å². The zero-order valence-electron chi connectivity index (χ0n) is 21.4. The first kappa shape index (κ1) is 24.7. The average Bonchev–Trinajstić information content (AvgIpc) is 3.34. The van der Waals surface area contributed by atoms with Crippen molar-refractivity contribution in [2.75, 3.05) is 13.7 Å². The average molecular weight is 572 g/mol. The molecule has 212 valence electrons. The van der Waals surface area contributed by atoms with Crippen molar-refractivity contribution in [3.05, 3.63) is 76.9 Å². The molecule has 0 atom stereocenters. The number of hydrogen-bond acceptors (Lipinski definition) is 5. The molecule has 6 aliphatic carbocycles. The van der Waals surface area contributed by atoms with Gasteiger partial charge in [-0.2, -0.15) is 18.3 Å². The second-order valence-corrected chi connectivity index (χ2v) is 11.8. The van der Waals surface area contributed by atoms with Crippen LogP contribution in [0.2, 0.25) is 0 Å². The molecule has 2 heterocycles. The summed E-state index contributed by atoms with van der Waals surface area (Å²) in [5, 5.41) is 9.25. The first-order valence-electron chi connectivity index (χ1n) is 13.2. The van der Waals surface area contributed by atoms with Gasteiger partial charge in [0.2, 0.25) is 0 Å². The predicted octanol–water partition coefficient (Wildman–Crippen LogP) is 3.58. The Morgan fingerprint density at radius 3 is 2.34 bits per heavy atom. The number of nitrogens with one attached hydrogen (secondary N) is 2. The largest absolute Gasteiger partial charge is 0.501 e. The number of fused-ring (bicyclic) bond motifs is 1. The van der Waals surface area contributed by atoms with Gasteiger partial charge in [0.15, 0.2) is 11.5 Å². The van der Waals surface area contributed by atoms with Crippen LogP contribution in [0, 0.1) is 58.0 Å². The number of carbonyl (C=O) groups is 2. The van der Waals surface area contributed by atoms with E-state index in [1.165, 1.54) is 0 Å². The van der Waals surface area contributed by atoms with Gasteiger partial charge in [-0.05, 0) is 58.6 Å². The highest BCUT2D eigenvalue weighted by Gasteiger charge is 3.10. The first-order chi connectivity index (χ1) is 19.5. The van der Waals surface area contributed by atoms with Gasteiger partial charge in [-0.3, -0.25) is 9.59 Å². The van der Waals surface area contributed by atoms with Gasteiger partial charge in [0.05, 0.1) is 24.6 Å². The van der Waals surface area contributed by atoms with Crippen molar-refractivity contribution in [2.24, 2.45) is 46.3 Å². The van der Waals surface area contributed by atoms with Crippen molar-refractivity contribution in [1.29, 1.82) is 0 Å². The molecule has 2 aromatic heterocycles. The van der Waals surface area contributed by atoms with Crippen LogP contribution in [0.4, 0.5) is 22.0 Å². The van der Waals surface area contributed by atoms with Crippen LogP contribution in [0.25, 0.3) is 5.65 Å². The third-order valence-electron chi connectivity index (χ3n) is 10.8. The van der Waals surface area contributed by atoms with Gasteiger partial charge in [-0.1, -0.05) is 12.6 Å². The summed E-state index contributed by atoms with van der Waals surface area (Å²) in [7, 11) is 1.66. The monoisotopic (exact) mass is 571 g/mol. The van der Waals surface area contributed by atoms with Crippen LogP contribution >= 0.6 is 0 Å². The fourth-order valence-corrected chi connectivity index (χ4v) is 9.55. The zero-order chi connectivity index (χ0) is 28.8. The topological polar surface area (TPSA) is 97.6 Å². The molecule has 13 heteroatoms. The minimum absolute atomic E-state index is 0.00842. The first-order valence-corrected chi connectivity index (χ1v) is 13.2. The number of methoxy groups -OCH3 is 1. The number of nitrogens with zero attached hydrogens (tertiary/aromatic N) is 3.